The van der Waals surface area contributed by atoms with Gasteiger partial charge in [-0.1, -0.05) is 6.07 Å². The van der Waals surface area contributed by atoms with Gasteiger partial charge in [0.25, 0.3) is 0 Å². The molecule has 11 nitrogen and oxygen atoms in total. The number of carbonyl (C=O) groups is 1. The Bertz CT molecular complexity index is 2220. The van der Waals surface area contributed by atoms with Crippen molar-refractivity contribution in [3.05, 3.63) is 119 Å². The molecule has 1 atom stereocenters. The SMILES string of the molecule is Cn1cncc1C#Cc1cnc(COc2cccc(-c3cc(F)c(Cc4nc5ccc(C(=O)O)cc5n4CC4CCO4)cc3F)n2)cn1. The monoisotopic (exact) mass is 647 g/mol. The van der Waals surface area contributed by atoms with E-state index in [4.69, 9.17) is 9.47 Å². The molecule has 0 spiro atoms. The Morgan fingerprint density at radius 2 is 1.94 bits per heavy atom. The highest BCUT2D eigenvalue weighted by Gasteiger charge is 2.24. The van der Waals surface area contributed by atoms with Gasteiger partial charge in [0, 0.05) is 31.7 Å². The number of hydrogen-bond acceptors (Lipinski definition) is 8. The Hall–Kier alpha value is -6.00. The summed E-state index contributed by atoms with van der Waals surface area (Å²) >= 11 is 0. The number of hydrogen-bond donors (Lipinski definition) is 1. The third-order valence-corrected chi connectivity index (χ3v) is 7.95. The number of halogens is 2. The van der Waals surface area contributed by atoms with Crippen molar-refractivity contribution in [1.29, 1.82) is 0 Å². The van der Waals surface area contributed by atoms with Gasteiger partial charge in [0.2, 0.25) is 5.88 Å². The second kappa shape index (κ2) is 13.0. The molecular formula is C35H27F2N7O4. The van der Waals surface area contributed by atoms with Gasteiger partial charge < -0.3 is 23.7 Å². The molecule has 1 aliphatic rings. The second-order valence-electron chi connectivity index (χ2n) is 11.2. The summed E-state index contributed by atoms with van der Waals surface area (Å²) in [6, 6.07) is 11.7. The van der Waals surface area contributed by atoms with Gasteiger partial charge in [0.1, 0.15) is 35.5 Å². The largest absolute Gasteiger partial charge is 0.478 e. The third kappa shape index (κ3) is 6.47. The first-order valence-corrected chi connectivity index (χ1v) is 15.0. The zero-order valence-electron chi connectivity index (χ0n) is 25.6. The lowest BCUT2D eigenvalue weighted by Gasteiger charge is -2.27. The molecule has 0 saturated carbocycles. The van der Waals surface area contributed by atoms with Crippen LogP contribution in [0.3, 0.4) is 0 Å². The minimum atomic E-state index is -1.07. The van der Waals surface area contributed by atoms with Gasteiger partial charge in [0.05, 0.1) is 65.6 Å². The summed E-state index contributed by atoms with van der Waals surface area (Å²) in [5.41, 5.74) is 3.28. The summed E-state index contributed by atoms with van der Waals surface area (Å²) in [6.07, 6.45) is 7.16. The Labute approximate surface area is 272 Å². The number of rotatable bonds is 9. The van der Waals surface area contributed by atoms with Crippen molar-refractivity contribution in [2.24, 2.45) is 7.05 Å². The molecule has 48 heavy (non-hydrogen) atoms. The van der Waals surface area contributed by atoms with Crippen LogP contribution in [0.2, 0.25) is 0 Å². The first-order valence-electron chi connectivity index (χ1n) is 15.0. The van der Waals surface area contributed by atoms with E-state index in [-0.39, 0.29) is 47.4 Å². The van der Waals surface area contributed by atoms with Gasteiger partial charge in [-0.3, -0.25) is 4.98 Å². The fourth-order valence-electron chi connectivity index (χ4n) is 5.26. The van der Waals surface area contributed by atoms with Crippen molar-refractivity contribution >= 4 is 17.0 Å². The molecule has 7 rings (SSSR count). The molecule has 0 radical (unpaired) electrons. The minimum absolute atomic E-state index is 0.0157. The van der Waals surface area contributed by atoms with Crippen LogP contribution < -0.4 is 4.74 Å². The van der Waals surface area contributed by atoms with Crippen LogP contribution in [0.15, 0.2) is 73.4 Å². The molecule has 5 heterocycles. The van der Waals surface area contributed by atoms with Gasteiger partial charge in [0.15, 0.2) is 0 Å². The van der Waals surface area contributed by atoms with Gasteiger partial charge in [-0.2, -0.15) is 0 Å². The van der Waals surface area contributed by atoms with Crippen LogP contribution in [0.4, 0.5) is 8.78 Å². The summed E-state index contributed by atoms with van der Waals surface area (Å²) in [5, 5.41) is 9.49. The van der Waals surface area contributed by atoms with Crippen molar-refractivity contribution in [1.82, 2.24) is 34.1 Å². The van der Waals surface area contributed by atoms with Crippen molar-refractivity contribution in [2.45, 2.75) is 32.1 Å². The number of carboxylic acid groups (broad SMARTS) is 1. The number of imidazole rings is 2. The van der Waals surface area contributed by atoms with E-state index in [0.29, 0.717) is 41.4 Å². The van der Waals surface area contributed by atoms with Crippen LogP contribution in [-0.4, -0.2) is 57.8 Å². The third-order valence-electron chi connectivity index (χ3n) is 7.95. The maximum absolute atomic E-state index is 15.6. The number of carboxylic acids is 1. The average Bonchev–Trinajstić information content (AvgIpc) is 3.64. The van der Waals surface area contributed by atoms with E-state index in [2.05, 4.69) is 36.8 Å². The molecule has 1 fully saturated rings. The molecular weight excluding hydrogens is 620 g/mol. The molecule has 6 aromatic rings. The lowest BCUT2D eigenvalue weighted by atomic mass is 10.0. The lowest BCUT2D eigenvalue weighted by molar-refractivity contribution is -0.0589. The van der Waals surface area contributed by atoms with Crippen LogP contribution in [0.1, 0.15) is 45.2 Å². The molecule has 240 valence electrons. The number of fused-ring (bicyclic) bond motifs is 1. The number of aryl methyl sites for hydroxylation is 1. The molecule has 0 aliphatic carbocycles. The number of aromatic carboxylic acids is 1. The molecule has 0 amide bonds. The standard InChI is InChI=1S/C35H27F2N7O4/c1-43-20-38-17-25(43)7-6-23-15-40-24(16-39-23)19-48-34-4-2-3-30(42-34)27-14-28(36)22(11-29(27)37)13-33-41-31-8-5-21(35(45)46)12-32(31)44(33)18-26-9-10-47-26/h2-5,8,11-12,14-17,20,26H,9-10,13,18-19H2,1H3,(H,45,46). The lowest BCUT2D eigenvalue weighted by Crippen LogP contribution is -2.31. The van der Waals surface area contributed by atoms with Gasteiger partial charge in [-0.15, -0.1) is 0 Å². The normalized spacial score (nSPS) is 13.9. The maximum Gasteiger partial charge on any atom is 0.335 e. The summed E-state index contributed by atoms with van der Waals surface area (Å²) in [5.74, 6) is 4.22. The van der Waals surface area contributed by atoms with E-state index in [1.807, 2.05) is 11.6 Å². The van der Waals surface area contributed by atoms with Gasteiger partial charge in [-0.05, 0) is 60.2 Å². The van der Waals surface area contributed by atoms with Crippen molar-refractivity contribution in [3.63, 3.8) is 0 Å². The van der Waals surface area contributed by atoms with E-state index in [9.17, 15) is 9.90 Å². The topological polar surface area (TPSA) is 130 Å². The smallest absolute Gasteiger partial charge is 0.335 e. The maximum atomic E-state index is 15.6. The van der Waals surface area contributed by atoms with Crippen molar-refractivity contribution in [2.75, 3.05) is 6.61 Å². The minimum Gasteiger partial charge on any atom is -0.478 e. The predicted octanol–water partition coefficient (Wildman–Crippen LogP) is 4.96. The van der Waals surface area contributed by atoms with Gasteiger partial charge >= 0.3 is 5.97 Å². The zero-order chi connectivity index (χ0) is 33.2. The van der Waals surface area contributed by atoms with Crippen LogP contribution in [0.5, 0.6) is 5.88 Å². The molecule has 2 aromatic carbocycles. The van der Waals surface area contributed by atoms with Crippen LogP contribution in [0, 0.1) is 23.5 Å². The zero-order valence-corrected chi connectivity index (χ0v) is 25.6. The fraction of sp³-hybridized carbons (Fsp3) is 0.200. The number of nitrogens with zero attached hydrogens (tertiary/aromatic N) is 7. The van der Waals surface area contributed by atoms with E-state index in [0.717, 1.165) is 24.2 Å². The highest BCUT2D eigenvalue weighted by Crippen LogP contribution is 2.29. The molecule has 1 saturated heterocycles. The quantitative estimate of drug-likeness (QED) is 0.217. The van der Waals surface area contributed by atoms with E-state index < -0.39 is 17.6 Å². The fourth-order valence-corrected chi connectivity index (χ4v) is 5.26. The second-order valence-corrected chi connectivity index (χ2v) is 11.2. The van der Waals surface area contributed by atoms with Crippen LogP contribution in [0.25, 0.3) is 22.3 Å². The molecule has 1 unspecified atom stereocenters. The first kappa shape index (κ1) is 30.6. The Morgan fingerprint density at radius 1 is 1.06 bits per heavy atom. The first-order chi connectivity index (χ1) is 23.3. The van der Waals surface area contributed by atoms with E-state index in [1.54, 1.807) is 47.6 Å². The number of benzene rings is 2. The number of ether oxygens (including phenoxy) is 2. The molecule has 1 aliphatic heterocycles. The van der Waals surface area contributed by atoms with Crippen LogP contribution >= 0.6 is 0 Å². The molecule has 13 heteroatoms. The summed E-state index contributed by atoms with van der Waals surface area (Å²) < 4.78 is 46.1. The Balaban J connectivity index is 1.07. The molecule has 4 aromatic heterocycles. The summed E-state index contributed by atoms with van der Waals surface area (Å²) in [6.45, 7) is 1.11. The van der Waals surface area contributed by atoms with Gasteiger partial charge in [-0.25, -0.2) is 33.5 Å². The predicted molar refractivity (Wildman–Crippen MR) is 169 cm³/mol. The van der Waals surface area contributed by atoms with Crippen molar-refractivity contribution in [3.8, 4) is 29.0 Å². The summed E-state index contributed by atoms with van der Waals surface area (Å²) in [7, 11) is 1.85. The van der Waals surface area contributed by atoms with Crippen LogP contribution in [-0.2, 0) is 31.4 Å². The highest BCUT2D eigenvalue weighted by molar-refractivity contribution is 5.92. The van der Waals surface area contributed by atoms with Crippen molar-refractivity contribution < 1.29 is 28.2 Å². The Morgan fingerprint density at radius 3 is 2.67 bits per heavy atom. The highest BCUT2D eigenvalue weighted by atomic mass is 19.1. The van der Waals surface area contributed by atoms with E-state index in [1.165, 1.54) is 18.3 Å². The Kier molecular flexibility index (Phi) is 8.31. The van der Waals surface area contributed by atoms with E-state index >= 15 is 8.78 Å². The average molecular weight is 648 g/mol. The summed E-state index contributed by atoms with van der Waals surface area (Å²) in [4.78, 5) is 33.3. The molecule has 0 bridgehead atoms. The molecule has 1 N–H and O–H groups in total. The number of aromatic nitrogens is 7. The number of pyridine rings is 1.